The standard InChI is InChI=1S/C20H21ClN2O3S/c1-4-16(20(25)26-9-12(2)3)23-11-22-18-17(19(23)24)15(10-27-18)13-5-7-14(21)8-6-13/h5-8,10-12,16H,4,9H2,1-3H3. The first kappa shape index (κ1) is 19.6. The van der Waals surface area contributed by atoms with Gasteiger partial charge in [-0.3, -0.25) is 9.36 Å². The number of halogens is 1. The van der Waals surface area contributed by atoms with Gasteiger partial charge in [-0.25, -0.2) is 9.78 Å². The fourth-order valence-corrected chi connectivity index (χ4v) is 3.86. The maximum Gasteiger partial charge on any atom is 0.329 e. The summed E-state index contributed by atoms with van der Waals surface area (Å²) in [6, 6.07) is 6.62. The van der Waals surface area contributed by atoms with Gasteiger partial charge in [-0.15, -0.1) is 11.3 Å². The van der Waals surface area contributed by atoms with Crippen LogP contribution in [0.3, 0.4) is 0 Å². The molecule has 0 saturated carbocycles. The summed E-state index contributed by atoms with van der Waals surface area (Å²) in [7, 11) is 0. The van der Waals surface area contributed by atoms with Crippen molar-refractivity contribution in [3.05, 3.63) is 51.3 Å². The van der Waals surface area contributed by atoms with Crippen LogP contribution in [0.15, 0.2) is 40.8 Å². The number of ether oxygens (including phenoxy) is 1. The summed E-state index contributed by atoms with van der Waals surface area (Å²) < 4.78 is 6.74. The van der Waals surface area contributed by atoms with Gasteiger partial charge in [-0.05, 0) is 30.0 Å². The van der Waals surface area contributed by atoms with Crippen molar-refractivity contribution in [1.82, 2.24) is 9.55 Å². The Bertz CT molecular complexity index is 1010. The van der Waals surface area contributed by atoms with Crippen LogP contribution in [0.25, 0.3) is 21.3 Å². The summed E-state index contributed by atoms with van der Waals surface area (Å²) in [6.07, 6.45) is 1.89. The highest BCUT2D eigenvalue weighted by molar-refractivity contribution is 7.17. The van der Waals surface area contributed by atoms with Crippen molar-refractivity contribution in [2.45, 2.75) is 33.2 Å². The lowest BCUT2D eigenvalue weighted by atomic mass is 10.1. The van der Waals surface area contributed by atoms with E-state index in [2.05, 4.69) is 4.98 Å². The van der Waals surface area contributed by atoms with E-state index in [1.54, 1.807) is 12.1 Å². The first-order valence-corrected chi connectivity index (χ1v) is 10.1. The van der Waals surface area contributed by atoms with Crippen LogP contribution >= 0.6 is 22.9 Å². The number of esters is 1. The zero-order valence-corrected chi connectivity index (χ0v) is 17.0. The second kappa shape index (κ2) is 8.23. The minimum Gasteiger partial charge on any atom is -0.464 e. The first-order valence-electron chi connectivity index (χ1n) is 8.83. The molecule has 0 aliphatic rings. The fraction of sp³-hybridized carbons (Fsp3) is 0.350. The lowest BCUT2D eigenvalue weighted by Crippen LogP contribution is -2.31. The Balaban J connectivity index is 2.06. The Morgan fingerprint density at radius 2 is 2.00 bits per heavy atom. The summed E-state index contributed by atoms with van der Waals surface area (Å²) in [4.78, 5) is 30.7. The van der Waals surface area contributed by atoms with E-state index in [-0.39, 0.29) is 11.5 Å². The molecule has 7 heteroatoms. The number of thiophene rings is 1. The third kappa shape index (κ3) is 4.06. The second-order valence-corrected chi connectivity index (χ2v) is 8.04. The van der Waals surface area contributed by atoms with Crippen molar-refractivity contribution in [2.75, 3.05) is 6.61 Å². The molecule has 2 heterocycles. The van der Waals surface area contributed by atoms with Crippen LogP contribution in [0.2, 0.25) is 5.02 Å². The first-order chi connectivity index (χ1) is 12.9. The average Bonchev–Trinajstić information content (AvgIpc) is 3.08. The average molecular weight is 405 g/mol. The number of hydrogen-bond acceptors (Lipinski definition) is 5. The summed E-state index contributed by atoms with van der Waals surface area (Å²) >= 11 is 7.37. The van der Waals surface area contributed by atoms with Gasteiger partial charge in [0.25, 0.3) is 5.56 Å². The van der Waals surface area contributed by atoms with Gasteiger partial charge in [0.1, 0.15) is 10.9 Å². The van der Waals surface area contributed by atoms with Gasteiger partial charge in [0.2, 0.25) is 0 Å². The number of hydrogen-bond donors (Lipinski definition) is 0. The lowest BCUT2D eigenvalue weighted by molar-refractivity contribution is -0.149. The van der Waals surface area contributed by atoms with Crippen LogP contribution in [0.5, 0.6) is 0 Å². The number of carbonyl (C=O) groups excluding carboxylic acids is 1. The number of nitrogens with zero attached hydrogens (tertiary/aromatic N) is 2. The highest BCUT2D eigenvalue weighted by atomic mass is 35.5. The molecule has 142 valence electrons. The summed E-state index contributed by atoms with van der Waals surface area (Å²) in [5.41, 5.74) is 1.45. The topological polar surface area (TPSA) is 61.2 Å². The number of carbonyl (C=O) groups is 1. The summed E-state index contributed by atoms with van der Waals surface area (Å²) in [5, 5.41) is 3.05. The van der Waals surface area contributed by atoms with Crippen LogP contribution in [0.1, 0.15) is 33.2 Å². The Kier molecular flexibility index (Phi) is 5.97. The van der Waals surface area contributed by atoms with Crippen molar-refractivity contribution in [2.24, 2.45) is 5.92 Å². The van der Waals surface area contributed by atoms with Crippen molar-refractivity contribution >= 4 is 39.1 Å². The molecule has 0 aliphatic carbocycles. The third-order valence-electron chi connectivity index (χ3n) is 4.23. The molecular weight excluding hydrogens is 384 g/mol. The Morgan fingerprint density at radius 1 is 1.30 bits per heavy atom. The van der Waals surface area contributed by atoms with E-state index < -0.39 is 12.0 Å². The maximum atomic E-state index is 13.2. The molecule has 0 saturated heterocycles. The van der Waals surface area contributed by atoms with Gasteiger partial charge < -0.3 is 4.74 Å². The predicted molar refractivity (Wildman–Crippen MR) is 109 cm³/mol. The second-order valence-electron chi connectivity index (χ2n) is 6.74. The fourth-order valence-electron chi connectivity index (χ4n) is 2.83. The Hall–Kier alpha value is -2.18. The highest BCUT2D eigenvalue weighted by Gasteiger charge is 2.24. The van der Waals surface area contributed by atoms with Gasteiger partial charge in [0, 0.05) is 16.0 Å². The van der Waals surface area contributed by atoms with Gasteiger partial charge in [-0.1, -0.05) is 44.5 Å². The van der Waals surface area contributed by atoms with E-state index in [1.807, 2.05) is 38.3 Å². The molecule has 2 aromatic heterocycles. The normalized spacial score (nSPS) is 12.5. The molecule has 0 bridgehead atoms. The number of benzene rings is 1. The molecule has 27 heavy (non-hydrogen) atoms. The van der Waals surface area contributed by atoms with Crippen LogP contribution in [-0.2, 0) is 9.53 Å². The molecular formula is C20H21ClN2O3S. The molecule has 0 fully saturated rings. The van der Waals surface area contributed by atoms with E-state index in [9.17, 15) is 9.59 Å². The van der Waals surface area contributed by atoms with Gasteiger partial charge in [0.15, 0.2) is 0 Å². The minimum atomic E-state index is -0.689. The number of aromatic nitrogens is 2. The van der Waals surface area contributed by atoms with E-state index >= 15 is 0 Å². The molecule has 1 aromatic carbocycles. The SMILES string of the molecule is CCC(C(=O)OCC(C)C)n1cnc2scc(-c3ccc(Cl)cc3)c2c1=O. The quantitative estimate of drug-likeness (QED) is 0.546. The zero-order valence-electron chi connectivity index (χ0n) is 15.4. The van der Waals surface area contributed by atoms with Crippen molar-refractivity contribution in [3.63, 3.8) is 0 Å². The molecule has 0 amide bonds. The molecule has 0 aliphatic heterocycles. The molecule has 0 radical (unpaired) electrons. The Morgan fingerprint density at radius 3 is 2.63 bits per heavy atom. The van der Waals surface area contributed by atoms with Crippen molar-refractivity contribution in [1.29, 1.82) is 0 Å². The molecule has 3 rings (SSSR count). The van der Waals surface area contributed by atoms with Crippen LogP contribution < -0.4 is 5.56 Å². The predicted octanol–water partition coefficient (Wildman–Crippen LogP) is 4.93. The van der Waals surface area contributed by atoms with Crippen molar-refractivity contribution < 1.29 is 9.53 Å². The smallest absolute Gasteiger partial charge is 0.329 e. The molecule has 1 atom stereocenters. The molecule has 0 spiro atoms. The van der Waals surface area contributed by atoms with Gasteiger partial charge in [-0.2, -0.15) is 0 Å². The minimum absolute atomic E-state index is 0.233. The third-order valence-corrected chi connectivity index (χ3v) is 5.37. The highest BCUT2D eigenvalue weighted by Crippen LogP contribution is 2.31. The van der Waals surface area contributed by atoms with Crippen LogP contribution in [0, 0.1) is 5.92 Å². The molecule has 0 N–H and O–H groups in total. The lowest BCUT2D eigenvalue weighted by Gasteiger charge is -2.17. The molecule has 3 aromatic rings. The van der Waals surface area contributed by atoms with E-state index in [0.717, 1.165) is 11.1 Å². The monoisotopic (exact) mass is 404 g/mol. The molecule has 1 unspecified atom stereocenters. The number of fused-ring (bicyclic) bond motifs is 1. The van der Waals surface area contributed by atoms with E-state index in [1.165, 1.54) is 22.2 Å². The molecule has 5 nitrogen and oxygen atoms in total. The van der Waals surface area contributed by atoms with Gasteiger partial charge in [0.05, 0.1) is 18.3 Å². The van der Waals surface area contributed by atoms with Crippen LogP contribution in [0.4, 0.5) is 0 Å². The van der Waals surface area contributed by atoms with Crippen LogP contribution in [-0.4, -0.2) is 22.1 Å². The van der Waals surface area contributed by atoms with E-state index in [4.69, 9.17) is 16.3 Å². The zero-order chi connectivity index (χ0) is 19.6. The van der Waals surface area contributed by atoms with E-state index in [0.29, 0.717) is 28.3 Å². The largest absolute Gasteiger partial charge is 0.464 e. The maximum absolute atomic E-state index is 13.2. The van der Waals surface area contributed by atoms with Gasteiger partial charge >= 0.3 is 5.97 Å². The summed E-state index contributed by atoms with van der Waals surface area (Å²) in [6.45, 7) is 6.12. The summed E-state index contributed by atoms with van der Waals surface area (Å²) in [5.74, 6) is -0.171. The number of rotatable bonds is 6. The van der Waals surface area contributed by atoms with Crippen molar-refractivity contribution in [3.8, 4) is 11.1 Å². The Labute approximate surface area is 166 Å².